The van der Waals surface area contributed by atoms with Crippen LogP contribution in [0.15, 0.2) is 18.3 Å². The van der Waals surface area contributed by atoms with Crippen LogP contribution in [-0.4, -0.2) is 40.7 Å². The van der Waals surface area contributed by atoms with Gasteiger partial charge in [0.05, 0.1) is 18.7 Å². The van der Waals surface area contributed by atoms with Crippen LogP contribution in [0.3, 0.4) is 0 Å². The minimum atomic E-state index is -0.840. The van der Waals surface area contributed by atoms with Gasteiger partial charge in [-0.05, 0) is 44.1 Å². The van der Waals surface area contributed by atoms with Gasteiger partial charge >= 0.3 is 5.97 Å². The average Bonchev–Trinajstić information content (AvgIpc) is 2.68. The molecule has 0 atom stereocenters. The number of aryl methyl sites for hydroxylation is 2. The van der Waals surface area contributed by atoms with Crippen molar-refractivity contribution < 1.29 is 14.6 Å². The SMILES string of the molecule is Cc1nc(OCC(C)C)ccc1-c1cnc(C)c(CC(=O)O)c1N1CCC(C)(C)CC1. The summed E-state index contributed by atoms with van der Waals surface area (Å²) >= 11 is 0. The number of ether oxygens (including phenoxy) is 1. The molecule has 0 radical (unpaired) electrons. The molecule has 1 saturated heterocycles. The van der Waals surface area contributed by atoms with Gasteiger partial charge in [-0.15, -0.1) is 0 Å². The number of piperidine rings is 1. The van der Waals surface area contributed by atoms with Gasteiger partial charge in [0.2, 0.25) is 5.88 Å². The Morgan fingerprint density at radius 1 is 1.16 bits per heavy atom. The molecule has 0 unspecified atom stereocenters. The number of hydrogen-bond donors (Lipinski definition) is 1. The molecule has 2 aromatic heterocycles. The third-order valence-electron chi connectivity index (χ3n) is 6.04. The van der Waals surface area contributed by atoms with Crippen LogP contribution in [0.25, 0.3) is 11.1 Å². The summed E-state index contributed by atoms with van der Waals surface area (Å²) in [4.78, 5) is 23.2. The molecule has 0 aromatic carbocycles. The molecule has 6 nitrogen and oxygen atoms in total. The summed E-state index contributed by atoms with van der Waals surface area (Å²) in [5, 5.41) is 9.58. The van der Waals surface area contributed by atoms with E-state index in [9.17, 15) is 9.90 Å². The van der Waals surface area contributed by atoms with Crippen LogP contribution in [0.4, 0.5) is 5.69 Å². The second-order valence-corrected chi connectivity index (χ2v) is 9.79. The Balaban J connectivity index is 2.07. The van der Waals surface area contributed by atoms with Crippen LogP contribution in [0.5, 0.6) is 5.88 Å². The number of carboxylic acid groups (broad SMARTS) is 1. The Bertz CT molecular complexity index is 943. The van der Waals surface area contributed by atoms with Gasteiger partial charge in [0.25, 0.3) is 0 Å². The molecule has 1 fully saturated rings. The summed E-state index contributed by atoms with van der Waals surface area (Å²) < 4.78 is 5.79. The molecule has 3 rings (SSSR count). The van der Waals surface area contributed by atoms with Gasteiger partial charge < -0.3 is 14.7 Å². The Morgan fingerprint density at radius 3 is 2.42 bits per heavy atom. The molecule has 0 saturated carbocycles. The lowest BCUT2D eigenvalue weighted by molar-refractivity contribution is -0.136. The predicted molar refractivity (Wildman–Crippen MR) is 124 cm³/mol. The number of nitrogens with zero attached hydrogens (tertiary/aromatic N) is 3. The van der Waals surface area contributed by atoms with Gasteiger partial charge in [-0.25, -0.2) is 4.98 Å². The lowest BCUT2D eigenvalue weighted by Gasteiger charge is -2.40. The number of aliphatic carboxylic acids is 1. The van der Waals surface area contributed by atoms with Crippen molar-refractivity contribution in [3.05, 3.63) is 35.3 Å². The number of carboxylic acids is 1. The van der Waals surface area contributed by atoms with E-state index in [1.165, 1.54) is 0 Å². The lowest BCUT2D eigenvalue weighted by Crippen LogP contribution is -2.38. The van der Waals surface area contributed by atoms with Crippen molar-refractivity contribution in [1.29, 1.82) is 0 Å². The van der Waals surface area contributed by atoms with Crippen LogP contribution in [-0.2, 0) is 11.2 Å². The Hall–Kier alpha value is -2.63. The number of carbonyl (C=O) groups is 1. The first kappa shape index (κ1) is 23.0. The third-order valence-corrected chi connectivity index (χ3v) is 6.04. The molecule has 1 aliphatic heterocycles. The fourth-order valence-corrected chi connectivity index (χ4v) is 4.05. The van der Waals surface area contributed by atoms with Crippen molar-refractivity contribution in [2.24, 2.45) is 11.3 Å². The molecule has 1 N–H and O–H groups in total. The summed E-state index contributed by atoms with van der Waals surface area (Å²) in [6, 6.07) is 3.91. The summed E-state index contributed by atoms with van der Waals surface area (Å²) in [6.45, 7) is 15.1. The maximum Gasteiger partial charge on any atom is 0.307 e. The smallest absolute Gasteiger partial charge is 0.307 e. The largest absolute Gasteiger partial charge is 0.481 e. The van der Waals surface area contributed by atoms with Gasteiger partial charge in [-0.3, -0.25) is 9.78 Å². The highest BCUT2D eigenvalue weighted by molar-refractivity contribution is 5.85. The molecule has 0 spiro atoms. The Labute approximate surface area is 185 Å². The van der Waals surface area contributed by atoms with Crippen LogP contribution < -0.4 is 9.64 Å². The van der Waals surface area contributed by atoms with Crippen LogP contribution in [0.2, 0.25) is 0 Å². The van der Waals surface area contributed by atoms with E-state index in [0.29, 0.717) is 23.8 Å². The molecule has 3 heterocycles. The zero-order valence-electron chi connectivity index (χ0n) is 19.7. The van der Waals surface area contributed by atoms with Crippen molar-refractivity contribution >= 4 is 11.7 Å². The number of rotatable bonds is 7. The van der Waals surface area contributed by atoms with Gasteiger partial charge in [0.15, 0.2) is 0 Å². The minimum absolute atomic E-state index is 0.0377. The predicted octanol–water partition coefficient (Wildman–Crippen LogP) is 5.05. The zero-order valence-corrected chi connectivity index (χ0v) is 19.7. The van der Waals surface area contributed by atoms with E-state index in [1.54, 1.807) is 0 Å². The van der Waals surface area contributed by atoms with E-state index >= 15 is 0 Å². The maximum atomic E-state index is 11.7. The van der Waals surface area contributed by atoms with Gasteiger partial charge in [-0.1, -0.05) is 27.7 Å². The fourth-order valence-electron chi connectivity index (χ4n) is 4.05. The molecule has 1 aliphatic rings. The van der Waals surface area contributed by atoms with Gasteiger partial charge in [0.1, 0.15) is 0 Å². The van der Waals surface area contributed by atoms with Crippen molar-refractivity contribution in [1.82, 2.24) is 9.97 Å². The number of pyridine rings is 2. The van der Waals surface area contributed by atoms with E-state index in [2.05, 4.69) is 42.6 Å². The molecule has 168 valence electrons. The van der Waals surface area contributed by atoms with Crippen molar-refractivity contribution in [2.75, 3.05) is 24.6 Å². The monoisotopic (exact) mass is 425 g/mol. The zero-order chi connectivity index (χ0) is 22.8. The number of hydrogen-bond acceptors (Lipinski definition) is 5. The molecule has 0 amide bonds. The van der Waals surface area contributed by atoms with Gasteiger partial charge in [-0.2, -0.15) is 0 Å². The minimum Gasteiger partial charge on any atom is -0.481 e. The first-order valence-electron chi connectivity index (χ1n) is 11.1. The first-order valence-corrected chi connectivity index (χ1v) is 11.1. The van der Waals surface area contributed by atoms with Crippen LogP contribution >= 0.6 is 0 Å². The molecular weight excluding hydrogens is 390 g/mol. The summed E-state index contributed by atoms with van der Waals surface area (Å²) in [7, 11) is 0. The van der Waals surface area contributed by atoms with Crippen LogP contribution in [0, 0.1) is 25.2 Å². The molecule has 2 aromatic rings. The highest BCUT2D eigenvalue weighted by atomic mass is 16.5. The standard InChI is InChI=1S/C25H35N3O3/c1-16(2)15-31-22-8-7-19(18(4)27-22)21-14-26-17(3)20(13-23(29)30)24(21)28-11-9-25(5,6)10-12-28/h7-8,14,16H,9-13,15H2,1-6H3,(H,29,30). The van der Waals surface area contributed by atoms with Crippen molar-refractivity contribution in [2.45, 2.75) is 60.8 Å². The van der Waals surface area contributed by atoms with E-state index < -0.39 is 5.97 Å². The quantitative estimate of drug-likeness (QED) is 0.669. The van der Waals surface area contributed by atoms with Crippen molar-refractivity contribution in [3.63, 3.8) is 0 Å². The average molecular weight is 426 g/mol. The summed E-state index contributed by atoms with van der Waals surface area (Å²) in [5.74, 6) is 0.201. The maximum absolute atomic E-state index is 11.7. The van der Waals surface area contributed by atoms with Gasteiger partial charge in [0, 0.05) is 53.4 Å². The normalized spacial score (nSPS) is 15.9. The second kappa shape index (κ2) is 9.25. The lowest BCUT2D eigenvalue weighted by atomic mass is 9.82. The highest BCUT2D eigenvalue weighted by Crippen LogP contribution is 2.40. The highest BCUT2D eigenvalue weighted by Gasteiger charge is 2.29. The van der Waals surface area contributed by atoms with E-state index in [0.717, 1.165) is 59.7 Å². The molecular formula is C25H35N3O3. The molecule has 0 aliphatic carbocycles. The fraction of sp³-hybridized carbons (Fsp3) is 0.560. The molecule has 6 heteroatoms. The molecule has 0 bridgehead atoms. The molecule has 31 heavy (non-hydrogen) atoms. The van der Waals surface area contributed by atoms with E-state index in [-0.39, 0.29) is 6.42 Å². The van der Waals surface area contributed by atoms with Crippen LogP contribution in [0.1, 0.15) is 57.5 Å². The van der Waals surface area contributed by atoms with E-state index in [4.69, 9.17) is 4.74 Å². The Kier molecular flexibility index (Phi) is 6.87. The number of anilines is 1. The second-order valence-electron chi connectivity index (χ2n) is 9.79. The Morgan fingerprint density at radius 2 is 1.84 bits per heavy atom. The summed E-state index contributed by atoms with van der Waals surface area (Å²) in [5.41, 5.74) is 5.63. The topological polar surface area (TPSA) is 75.5 Å². The van der Waals surface area contributed by atoms with Crippen molar-refractivity contribution in [3.8, 4) is 17.0 Å². The van der Waals surface area contributed by atoms with E-state index in [1.807, 2.05) is 32.2 Å². The number of aromatic nitrogens is 2. The first-order chi connectivity index (χ1) is 14.6. The summed E-state index contributed by atoms with van der Waals surface area (Å²) in [6.07, 6.45) is 3.97. The third kappa shape index (κ3) is 5.54.